The topological polar surface area (TPSA) is 142 Å². The Morgan fingerprint density at radius 2 is 1.74 bits per heavy atom. The number of Topliss-reactive ketones (excluding diaryl/α,β-unsaturated/α-hetero) is 2. The molecule has 2 unspecified atom stereocenters. The Hall–Kier alpha value is -4.81. The Bertz CT molecular complexity index is 1800. The van der Waals surface area contributed by atoms with Gasteiger partial charge in [0.25, 0.3) is 5.91 Å². The van der Waals surface area contributed by atoms with Crippen LogP contribution in [0.1, 0.15) is 48.8 Å². The predicted octanol–water partition coefficient (Wildman–Crippen LogP) is 5.45. The minimum atomic E-state index is -0.693. The van der Waals surface area contributed by atoms with Crippen molar-refractivity contribution in [1.82, 2.24) is 15.2 Å². The average molecular weight is 655 g/mol. The number of likely N-dealkylation sites (tertiary alicyclic amines) is 1. The lowest BCUT2D eigenvalue weighted by Gasteiger charge is -2.44. The molecule has 6 rings (SSSR count). The molecule has 12 heteroatoms. The van der Waals surface area contributed by atoms with Crippen molar-refractivity contribution < 1.29 is 23.9 Å². The number of benzene rings is 2. The van der Waals surface area contributed by atoms with E-state index in [0.717, 1.165) is 22.2 Å². The molecule has 0 radical (unpaired) electrons. The summed E-state index contributed by atoms with van der Waals surface area (Å²) in [6.07, 6.45) is 2.61. The van der Waals surface area contributed by atoms with Gasteiger partial charge in [0.15, 0.2) is 0 Å². The van der Waals surface area contributed by atoms with Crippen LogP contribution in [0, 0.1) is 0 Å². The van der Waals surface area contributed by atoms with E-state index in [9.17, 15) is 19.2 Å². The molecular formula is C35H38N6O5S. The zero-order valence-corrected chi connectivity index (χ0v) is 27.4. The fourth-order valence-corrected chi connectivity index (χ4v) is 6.76. The first kappa shape index (κ1) is 32.1. The first-order chi connectivity index (χ1) is 22.6. The van der Waals surface area contributed by atoms with Crippen molar-refractivity contribution in [2.75, 3.05) is 29.0 Å². The lowest BCUT2D eigenvalue weighted by molar-refractivity contribution is -0.150. The number of aromatic nitrogens is 1. The molecule has 2 fully saturated rings. The molecule has 2 aromatic carbocycles. The summed E-state index contributed by atoms with van der Waals surface area (Å²) < 4.78 is 5.36. The van der Waals surface area contributed by atoms with Crippen molar-refractivity contribution in [3.05, 3.63) is 82.7 Å². The van der Waals surface area contributed by atoms with E-state index in [4.69, 9.17) is 4.74 Å². The van der Waals surface area contributed by atoms with Crippen LogP contribution in [0.4, 0.5) is 21.9 Å². The van der Waals surface area contributed by atoms with Crippen molar-refractivity contribution >= 4 is 62.9 Å². The molecule has 2 atom stereocenters. The van der Waals surface area contributed by atoms with Crippen molar-refractivity contribution in [1.29, 1.82) is 0 Å². The van der Waals surface area contributed by atoms with E-state index >= 15 is 0 Å². The first-order valence-electron chi connectivity index (χ1n) is 15.7. The third-order valence-electron chi connectivity index (χ3n) is 8.28. The number of para-hydroxylation sites is 1. The fourth-order valence-electron chi connectivity index (χ4n) is 5.99. The van der Waals surface area contributed by atoms with Crippen LogP contribution in [0.25, 0.3) is 10.9 Å². The second-order valence-electron chi connectivity index (χ2n) is 12.8. The Morgan fingerprint density at radius 1 is 0.979 bits per heavy atom. The smallest absolute Gasteiger partial charge is 0.407 e. The van der Waals surface area contributed by atoms with Crippen molar-refractivity contribution in [2.24, 2.45) is 0 Å². The third kappa shape index (κ3) is 7.44. The summed E-state index contributed by atoms with van der Waals surface area (Å²) in [5.41, 5.74) is 3.33. The molecule has 11 nitrogen and oxygen atoms in total. The number of ketones is 2. The van der Waals surface area contributed by atoms with Crippen LogP contribution in [0.15, 0.2) is 72.2 Å². The molecule has 3 heterocycles. The van der Waals surface area contributed by atoms with Gasteiger partial charge in [-0.15, -0.1) is 11.3 Å². The highest BCUT2D eigenvalue weighted by atomic mass is 32.1. The molecule has 1 saturated carbocycles. The number of hydrogen-bond acceptors (Lipinski definition) is 10. The molecule has 4 N–H and O–H groups in total. The lowest BCUT2D eigenvalue weighted by atomic mass is 9.80. The highest BCUT2D eigenvalue weighted by molar-refractivity contribution is 7.12. The largest absolute Gasteiger partial charge is 0.444 e. The van der Waals surface area contributed by atoms with E-state index in [1.165, 1.54) is 11.3 Å². The van der Waals surface area contributed by atoms with E-state index < -0.39 is 35.3 Å². The summed E-state index contributed by atoms with van der Waals surface area (Å²) in [7, 11) is 0. The SMILES string of the molecule is CC(C)(C)OC(=O)NC1CCN(C2C(=O)C(=O)C2Nc2cccc(NC(=O)c3sccc3NCc3ccnc4ccccc34)c2)CC1. The molecule has 1 aliphatic heterocycles. The summed E-state index contributed by atoms with van der Waals surface area (Å²) in [6.45, 7) is 7.11. The van der Waals surface area contributed by atoms with Crippen LogP contribution < -0.4 is 21.3 Å². The van der Waals surface area contributed by atoms with Gasteiger partial charge >= 0.3 is 6.09 Å². The Balaban J connectivity index is 1.05. The summed E-state index contributed by atoms with van der Waals surface area (Å²) in [6, 6.07) is 17.6. The number of thiophene rings is 1. The van der Waals surface area contributed by atoms with Crippen molar-refractivity contribution in [3.8, 4) is 0 Å². The maximum Gasteiger partial charge on any atom is 0.407 e. The number of nitrogens with one attached hydrogen (secondary N) is 4. The minimum absolute atomic E-state index is 0.0618. The predicted molar refractivity (Wildman–Crippen MR) is 183 cm³/mol. The number of hydrogen-bond donors (Lipinski definition) is 4. The molecule has 0 bridgehead atoms. The van der Waals surface area contributed by atoms with E-state index in [1.807, 2.05) is 67.4 Å². The fraction of sp³-hybridized carbons (Fsp3) is 0.343. The summed E-state index contributed by atoms with van der Waals surface area (Å²) >= 11 is 1.35. The Kier molecular flexibility index (Phi) is 9.24. The van der Waals surface area contributed by atoms with E-state index in [2.05, 4.69) is 26.3 Å². The van der Waals surface area contributed by atoms with Gasteiger partial charge in [-0.25, -0.2) is 4.79 Å². The van der Waals surface area contributed by atoms with Gasteiger partial charge in [-0.1, -0.05) is 24.3 Å². The molecule has 1 saturated heterocycles. The van der Waals surface area contributed by atoms with Crippen LogP contribution in [-0.2, 0) is 20.9 Å². The standard InChI is InChI=1S/C35H38N6O5S/c1-35(2,3)46-34(45)40-22-12-16-41(17-13-22)29-28(30(42)31(29)43)38-23-7-6-8-24(19-23)39-33(44)32-27(14-18-47-32)37-20-21-11-15-36-26-10-5-4-9-25(21)26/h4-11,14-15,18-19,22,28-29,37-38H,12-13,16-17,20H2,1-3H3,(H,39,44)(H,40,45). The van der Waals surface area contributed by atoms with Gasteiger partial charge in [-0.05, 0) is 81.0 Å². The van der Waals surface area contributed by atoms with Crippen molar-refractivity contribution in [3.63, 3.8) is 0 Å². The number of carbonyl (C=O) groups is 4. The molecule has 0 spiro atoms. The van der Waals surface area contributed by atoms with E-state index in [0.29, 0.717) is 48.7 Å². The summed E-state index contributed by atoms with van der Waals surface area (Å²) in [5, 5.41) is 15.4. The molecule has 2 amide bonds. The molecule has 1 aliphatic carbocycles. The lowest BCUT2D eigenvalue weighted by Crippen LogP contribution is -2.69. The normalized spacial score (nSPS) is 18.8. The molecule has 4 aromatic rings. The number of ether oxygens (including phenoxy) is 1. The number of piperidine rings is 1. The average Bonchev–Trinajstić information content (AvgIpc) is 3.52. The second kappa shape index (κ2) is 13.5. The van der Waals surface area contributed by atoms with Crippen LogP contribution in [0.5, 0.6) is 0 Å². The first-order valence-corrected chi connectivity index (χ1v) is 16.6. The van der Waals surface area contributed by atoms with Crippen LogP contribution in [0.3, 0.4) is 0 Å². The van der Waals surface area contributed by atoms with Gasteiger partial charge in [0.2, 0.25) is 11.6 Å². The zero-order chi connectivity index (χ0) is 33.1. The summed E-state index contributed by atoms with van der Waals surface area (Å²) in [4.78, 5) is 57.8. The number of alkyl carbamates (subject to hydrolysis) is 1. The number of nitrogens with zero attached hydrogens (tertiary/aromatic N) is 2. The summed E-state index contributed by atoms with van der Waals surface area (Å²) in [5.74, 6) is -1.13. The molecule has 2 aliphatic rings. The van der Waals surface area contributed by atoms with Gasteiger partial charge in [0.05, 0.1) is 11.2 Å². The number of rotatable bonds is 9. The Labute approximate surface area is 277 Å². The van der Waals surface area contributed by atoms with Gasteiger partial charge in [0, 0.05) is 48.6 Å². The maximum absolute atomic E-state index is 13.3. The monoisotopic (exact) mass is 654 g/mol. The van der Waals surface area contributed by atoms with E-state index in [1.54, 1.807) is 30.5 Å². The quantitative estimate of drug-likeness (QED) is 0.173. The maximum atomic E-state index is 13.3. The van der Waals surface area contributed by atoms with Crippen molar-refractivity contribution in [2.45, 2.75) is 63.9 Å². The molecule has 47 heavy (non-hydrogen) atoms. The number of amides is 2. The molecule has 2 aromatic heterocycles. The van der Waals surface area contributed by atoms with Gasteiger partial charge in [-0.3, -0.25) is 24.3 Å². The highest BCUT2D eigenvalue weighted by Gasteiger charge is 2.52. The Morgan fingerprint density at radius 3 is 2.53 bits per heavy atom. The number of anilines is 3. The van der Waals surface area contributed by atoms with Gasteiger partial charge in [-0.2, -0.15) is 0 Å². The highest BCUT2D eigenvalue weighted by Crippen LogP contribution is 2.29. The van der Waals surface area contributed by atoms with Crippen LogP contribution in [0.2, 0.25) is 0 Å². The molecular weight excluding hydrogens is 616 g/mol. The van der Waals surface area contributed by atoms with Crippen LogP contribution >= 0.6 is 11.3 Å². The number of fused-ring (bicyclic) bond motifs is 1. The third-order valence-corrected chi connectivity index (χ3v) is 9.19. The number of pyridine rings is 1. The van der Waals surface area contributed by atoms with E-state index in [-0.39, 0.29) is 11.9 Å². The van der Waals surface area contributed by atoms with Gasteiger partial charge < -0.3 is 26.0 Å². The van der Waals surface area contributed by atoms with Crippen LogP contribution in [-0.4, -0.2) is 70.3 Å². The number of carbonyl (C=O) groups excluding carboxylic acids is 4. The second-order valence-corrected chi connectivity index (χ2v) is 13.7. The zero-order valence-electron chi connectivity index (χ0n) is 26.5. The minimum Gasteiger partial charge on any atom is -0.444 e. The van der Waals surface area contributed by atoms with Gasteiger partial charge in [0.1, 0.15) is 22.6 Å². The molecule has 244 valence electrons.